The monoisotopic (exact) mass is 267 g/mol. The van der Waals surface area contributed by atoms with Crippen molar-refractivity contribution in [2.24, 2.45) is 5.92 Å². The van der Waals surface area contributed by atoms with E-state index in [1.54, 1.807) is 6.07 Å². The van der Waals surface area contributed by atoms with Crippen LogP contribution in [0.2, 0.25) is 0 Å². The SMILES string of the molecule is CC(C)C[C@H](NC(=O)Cc1cccc(F)c1)C(=O)O. The van der Waals surface area contributed by atoms with Crippen LogP contribution in [0.5, 0.6) is 0 Å². The summed E-state index contributed by atoms with van der Waals surface area (Å²) in [5.41, 5.74) is 0.520. The normalized spacial score (nSPS) is 12.2. The fraction of sp³-hybridized carbons (Fsp3) is 0.429. The van der Waals surface area contributed by atoms with Gasteiger partial charge < -0.3 is 10.4 Å². The predicted octanol–water partition coefficient (Wildman–Crippen LogP) is 1.98. The van der Waals surface area contributed by atoms with Crippen LogP contribution in [-0.2, 0) is 16.0 Å². The summed E-state index contributed by atoms with van der Waals surface area (Å²) < 4.78 is 13.0. The molecule has 0 radical (unpaired) electrons. The maximum atomic E-state index is 13.0. The topological polar surface area (TPSA) is 66.4 Å². The van der Waals surface area contributed by atoms with Gasteiger partial charge in [0.2, 0.25) is 5.91 Å². The van der Waals surface area contributed by atoms with E-state index in [1.165, 1.54) is 18.2 Å². The van der Waals surface area contributed by atoms with Crippen LogP contribution < -0.4 is 5.32 Å². The maximum Gasteiger partial charge on any atom is 0.326 e. The lowest BCUT2D eigenvalue weighted by Crippen LogP contribution is -2.42. The van der Waals surface area contributed by atoms with E-state index in [0.29, 0.717) is 12.0 Å². The Labute approximate surface area is 111 Å². The van der Waals surface area contributed by atoms with E-state index in [4.69, 9.17) is 5.11 Å². The van der Waals surface area contributed by atoms with Gasteiger partial charge >= 0.3 is 5.97 Å². The van der Waals surface area contributed by atoms with Gasteiger partial charge in [0.1, 0.15) is 11.9 Å². The van der Waals surface area contributed by atoms with Crippen molar-refractivity contribution in [3.8, 4) is 0 Å². The lowest BCUT2D eigenvalue weighted by atomic mass is 10.0. The Kier molecular flexibility index (Phi) is 5.48. The van der Waals surface area contributed by atoms with Crippen LogP contribution >= 0.6 is 0 Å². The van der Waals surface area contributed by atoms with Gasteiger partial charge in [-0.25, -0.2) is 9.18 Å². The summed E-state index contributed by atoms with van der Waals surface area (Å²) in [5.74, 6) is -1.72. The van der Waals surface area contributed by atoms with Crippen LogP contribution in [-0.4, -0.2) is 23.0 Å². The molecule has 19 heavy (non-hydrogen) atoms. The van der Waals surface area contributed by atoms with Gasteiger partial charge in [0.25, 0.3) is 0 Å². The summed E-state index contributed by atoms with van der Waals surface area (Å²) in [5, 5.41) is 11.5. The van der Waals surface area contributed by atoms with Gasteiger partial charge in [0.05, 0.1) is 6.42 Å². The Morgan fingerprint density at radius 1 is 1.37 bits per heavy atom. The van der Waals surface area contributed by atoms with Crippen molar-refractivity contribution >= 4 is 11.9 Å². The Bertz CT molecular complexity index is 460. The third-order valence-corrected chi connectivity index (χ3v) is 2.59. The summed E-state index contributed by atoms with van der Waals surface area (Å²) in [6.45, 7) is 3.77. The molecular formula is C14H18FNO3. The van der Waals surface area contributed by atoms with Gasteiger partial charge in [-0.3, -0.25) is 4.79 Å². The fourth-order valence-corrected chi connectivity index (χ4v) is 1.77. The number of carbonyl (C=O) groups excluding carboxylic acids is 1. The quantitative estimate of drug-likeness (QED) is 0.828. The van der Waals surface area contributed by atoms with Gasteiger partial charge in [-0.15, -0.1) is 0 Å². The molecule has 0 bridgehead atoms. The number of halogens is 1. The Morgan fingerprint density at radius 3 is 2.58 bits per heavy atom. The molecule has 0 aliphatic heterocycles. The average Bonchev–Trinajstić information content (AvgIpc) is 2.27. The number of carboxylic acids is 1. The molecule has 2 N–H and O–H groups in total. The van der Waals surface area contributed by atoms with Crippen molar-refractivity contribution in [1.82, 2.24) is 5.32 Å². The largest absolute Gasteiger partial charge is 0.480 e. The molecule has 0 saturated carbocycles. The van der Waals surface area contributed by atoms with Crippen LogP contribution in [0.4, 0.5) is 4.39 Å². The first-order chi connectivity index (χ1) is 8.88. The molecule has 0 aliphatic rings. The molecule has 5 heteroatoms. The van der Waals surface area contributed by atoms with Crippen molar-refractivity contribution in [3.63, 3.8) is 0 Å². The summed E-state index contributed by atoms with van der Waals surface area (Å²) in [6.07, 6.45) is 0.337. The number of hydrogen-bond donors (Lipinski definition) is 2. The highest BCUT2D eigenvalue weighted by atomic mass is 19.1. The number of carboxylic acid groups (broad SMARTS) is 1. The minimum Gasteiger partial charge on any atom is -0.480 e. The first-order valence-electron chi connectivity index (χ1n) is 6.15. The highest BCUT2D eigenvalue weighted by Crippen LogP contribution is 2.07. The molecule has 1 aromatic carbocycles. The standard InChI is InChI=1S/C14H18FNO3/c1-9(2)6-12(14(18)19)16-13(17)8-10-4-3-5-11(15)7-10/h3-5,7,9,12H,6,8H2,1-2H3,(H,16,17)(H,18,19)/t12-/m0/s1. The first kappa shape index (κ1) is 15.1. The molecule has 4 nitrogen and oxygen atoms in total. The highest BCUT2D eigenvalue weighted by molar-refractivity contribution is 5.84. The van der Waals surface area contributed by atoms with Gasteiger partial charge in [-0.2, -0.15) is 0 Å². The van der Waals surface area contributed by atoms with E-state index in [2.05, 4.69) is 5.32 Å². The van der Waals surface area contributed by atoms with Crippen LogP contribution in [0.3, 0.4) is 0 Å². The molecule has 0 spiro atoms. The van der Waals surface area contributed by atoms with E-state index in [1.807, 2.05) is 13.8 Å². The van der Waals surface area contributed by atoms with Crippen LogP contribution in [0, 0.1) is 11.7 Å². The van der Waals surface area contributed by atoms with E-state index in [9.17, 15) is 14.0 Å². The molecule has 1 amide bonds. The number of rotatable bonds is 6. The van der Waals surface area contributed by atoms with Crippen molar-refractivity contribution in [1.29, 1.82) is 0 Å². The van der Waals surface area contributed by atoms with Gasteiger partial charge in [-0.05, 0) is 30.0 Å². The number of hydrogen-bond acceptors (Lipinski definition) is 2. The van der Waals surface area contributed by atoms with Gasteiger partial charge in [0.15, 0.2) is 0 Å². The van der Waals surface area contributed by atoms with E-state index < -0.39 is 23.7 Å². The fourth-order valence-electron chi connectivity index (χ4n) is 1.77. The van der Waals surface area contributed by atoms with Gasteiger partial charge in [-0.1, -0.05) is 26.0 Å². The second kappa shape index (κ2) is 6.87. The zero-order valence-corrected chi connectivity index (χ0v) is 11.0. The van der Waals surface area contributed by atoms with Crippen molar-refractivity contribution in [2.45, 2.75) is 32.7 Å². The predicted molar refractivity (Wildman–Crippen MR) is 69.1 cm³/mol. The number of nitrogens with one attached hydrogen (secondary N) is 1. The lowest BCUT2D eigenvalue weighted by molar-refractivity contribution is -0.142. The minimum atomic E-state index is -1.05. The summed E-state index contributed by atoms with van der Waals surface area (Å²) in [7, 11) is 0. The third kappa shape index (κ3) is 5.50. The van der Waals surface area contributed by atoms with Gasteiger partial charge in [0, 0.05) is 0 Å². The summed E-state index contributed by atoms with van der Waals surface area (Å²) in [4.78, 5) is 22.7. The molecule has 1 atom stereocenters. The van der Waals surface area contributed by atoms with E-state index >= 15 is 0 Å². The Balaban J connectivity index is 2.60. The smallest absolute Gasteiger partial charge is 0.326 e. The molecule has 0 aromatic heterocycles. The molecule has 0 fully saturated rings. The highest BCUT2D eigenvalue weighted by Gasteiger charge is 2.20. The maximum absolute atomic E-state index is 13.0. The molecule has 0 unspecified atom stereocenters. The average molecular weight is 267 g/mol. The second-order valence-corrected chi connectivity index (χ2v) is 4.89. The number of aliphatic carboxylic acids is 1. The van der Waals surface area contributed by atoms with E-state index in [-0.39, 0.29) is 12.3 Å². The van der Waals surface area contributed by atoms with Crippen LogP contribution in [0.25, 0.3) is 0 Å². The lowest BCUT2D eigenvalue weighted by Gasteiger charge is -2.16. The molecule has 0 aliphatic carbocycles. The summed E-state index contributed by atoms with van der Waals surface area (Å²) >= 11 is 0. The zero-order chi connectivity index (χ0) is 14.4. The van der Waals surface area contributed by atoms with Crippen molar-refractivity contribution < 1.29 is 19.1 Å². The molecule has 1 rings (SSSR count). The van der Waals surface area contributed by atoms with E-state index in [0.717, 1.165) is 0 Å². The minimum absolute atomic E-state index is 0.0281. The Morgan fingerprint density at radius 2 is 2.05 bits per heavy atom. The molecule has 0 saturated heterocycles. The molecule has 1 aromatic rings. The zero-order valence-electron chi connectivity index (χ0n) is 11.0. The van der Waals surface area contributed by atoms with Crippen LogP contribution in [0.1, 0.15) is 25.8 Å². The first-order valence-corrected chi connectivity index (χ1v) is 6.15. The number of amides is 1. The number of benzene rings is 1. The third-order valence-electron chi connectivity index (χ3n) is 2.59. The molecule has 0 heterocycles. The van der Waals surface area contributed by atoms with Crippen molar-refractivity contribution in [2.75, 3.05) is 0 Å². The van der Waals surface area contributed by atoms with Crippen molar-refractivity contribution in [3.05, 3.63) is 35.6 Å². The molecular weight excluding hydrogens is 249 g/mol. The second-order valence-electron chi connectivity index (χ2n) is 4.89. The number of carbonyl (C=O) groups is 2. The summed E-state index contributed by atoms with van der Waals surface area (Å²) in [6, 6.07) is 4.79. The van der Waals surface area contributed by atoms with Crippen LogP contribution in [0.15, 0.2) is 24.3 Å². The Hall–Kier alpha value is -1.91. The molecule has 104 valence electrons.